The SMILES string of the molecule is C=S(=O)(O)CCOC(C)C.CC(C)NC(C)(C)CS(=O)(=O)O.CC(C)OCCNS(C)(=O)=O.CC(C)OCCNS(C)(=O)=O. The van der Waals surface area contributed by atoms with E-state index in [1.807, 2.05) is 55.4 Å². The van der Waals surface area contributed by atoms with Crippen LogP contribution < -0.4 is 14.8 Å². The van der Waals surface area contributed by atoms with Gasteiger partial charge in [0.25, 0.3) is 10.1 Å². The second-order valence-electron chi connectivity index (χ2n) is 11.5. The zero-order valence-electron chi connectivity index (χ0n) is 28.6. The van der Waals surface area contributed by atoms with Crippen molar-refractivity contribution in [3.8, 4) is 0 Å². The Hall–Kier alpha value is -0.450. The molecule has 0 fully saturated rings. The minimum atomic E-state index is -3.89. The smallest absolute Gasteiger partial charge is 0.266 e. The van der Waals surface area contributed by atoms with Gasteiger partial charge in [0.15, 0.2) is 0 Å². The molecule has 15 nitrogen and oxygen atoms in total. The number of rotatable bonds is 18. The van der Waals surface area contributed by atoms with E-state index in [0.717, 1.165) is 12.5 Å². The van der Waals surface area contributed by atoms with E-state index in [1.54, 1.807) is 13.8 Å². The fourth-order valence-electron chi connectivity index (χ4n) is 2.74. The fraction of sp³-hybridized carbons (Fsp3) is 0.960. The summed E-state index contributed by atoms with van der Waals surface area (Å²) in [5.74, 6) is 2.92. The maximum absolute atomic E-state index is 10.5. The van der Waals surface area contributed by atoms with Crippen LogP contribution in [0.3, 0.4) is 0 Å². The summed E-state index contributed by atoms with van der Waals surface area (Å²) in [5.41, 5.74) is -0.582. The molecule has 0 saturated heterocycles. The first kappa shape index (κ1) is 50.4. The molecule has 1 unspecified atom stereocenters. The highest BCUT2D eigenvalue weighted by Crippen LogP contribution is 2.06. The minimum Gasteiger partial charge on any atom is -0.378 e. The molecule has 44 heavy (non-hydrogen) atoms. The van der Waals surface area contributed by atoms with E-state index in [0.29, 0.717) is 32.9 Å². The summed E-state index contributed by atoms with van der Waals surface area (Å²) in [6.07, 6.45) is 2.67. The van der Waals surface area contributed by atoms with Gasteiger partial charge in [0.1, 0.15) is 0 Å². The lowest BCUT2D eigenvalue weighted by Crippen LogP contribution is -2.48. The van der Waals surface area contributed by atoms with E-state index >= 15 is 0 Å². The molecule has 0 radical (unpaired) electrons. The van der Waals surface area contributed by atoms with E-state index in [4.69, 9.17) is 23.3 Å². The monoisotopic (exact) mass is 723 g/mol. The van der Waals surface area contributed by atoms with E-state index in [9.17, 15) is 29.5 Å². The van der Waals surface area contributed by atoms with Crippen LogP contribution in [0.2, 0.25) is 0 Å². The van der Waals surface area contributed by atoms with Gasteiger partial charge in [-0.05, 0) is 61.3 Å². The second kappa shape index (κ2) is 24.7. The molecule has 0 heterocycles. The summed E-state index contributed by atoms with van der Waals surface area (Å²) in [5, 5.41) is 3.04. The van der Waals surface area contributed by atoms with Gasteiger partial charge in [-0.15, -0.1) is 0 Å². The van der Waals surface area contributed by atoms with Crippen LogP contribution in [0.4, 0.5) is 0 Å². The highest BCUT2D eigenvalue weighted by atomic mass is 32.2. The Kier molecular flexibility index (Phi) is 28.3. The van der Waals surface area contributed by atoms with Crippen molar-refractivity contribution in [1.82, 2.24) is 14.8 Å². The molecule has 0 bridgehead atoms. The molecule has 0 aromatic carbocycles. The van der Waals surface area contributed by atoms with Crippen molar-refractivity contribution in [3.05, 3.63) is 0 Å². The zero-order chi connectivity index (χ0) is 36.0. The minimum absolute atomic E-state index is 0.113. The number of nitrogens with one attached hydrogen (secondary N) is 3. The summed E-state index contributed by atoms with van der Waals surface area (Å²) in [7, 11) is -12.8. The first-order valence-electron chi connectivity index (χ1n) is 13.9. The van der Waals surface area contributed by atoms with Crippen LogP contribution in [-0.4, -0.2) is 131 Å². The van der Waals surface area contributed by atoms with Crippen molar-refractivity contribution in [1.29, 1.82) is 0 Å². The van der Waals surface area contributed by atoms with E-state index in [2.05, 4.69) is 20.6 Å². The van der Waals surface area contributed by atoms with Crippen LogP contribution in [-0.2, 0) is 54.2 Å². The third-order valence-electron chi connectivity index (χ3n) is 3.91. The lowest BCUT2D eigenvalue weighted by atomic mass is 10.1. The van der Waals surface area contributed by atoms with Crippen molar-refractivity contribution >= 4 is 45.8 Å². The second-order valence-corrected chi connectivity index (χ2v) is 18.5. The van der Waals surface area contributed by atoms with Gasteiger partial charge in [-0.25, -0.2) is 30.5 Å². The van der Waals surface area contributed by atoms with Gasteiger partial charge in [0, 0.05) is 24.7 Å². The van der Waals surface area contributed by atoms with Crippen LogP contribution in [0.15, 0.2) is 0 Å². The number of sulfonamides is 2. The molecule has 0 rings (SSSR count). The maximum Gasteiger partial charge on any atom is 0.266 e. The lowest BCUT2D eigenvalue weighted by molar-refractivity contribution is 0.0832. The molecule has 5 N–H and O–H groups in total. The molecule has 0 aromatic heterocycles. The van der Waals surface area contributed by atoms with Gasteiger partial charge in [-0.3, -0.25) is 4.55 Å². The molecule has 0 aromatic rings. The lowest BCUT2D eigenvalue weighted by Gasteiger charge is -2.27. The molecular weight excluding hydrogens is 663 g/mol. The Bertz CT molecular complexity index is 1090. The molecule has 19 heteroatoms. The number of hydrogen-bond acceptors (Lipinski definition) is 11. The largest absolute Gasteiger partial charge is 0.378 e. The van der Waals surface area contributed by atoms with Gasteiger partial charge in [0.2, 0.25) is 20.0 Å². The van der Waals surface area contributed by atoms with E-state index < -0.39 is 45.5 Å². The highest BCUT2D eigenvalue weighted by Gasteiger charge is 2.24. The maximum atomic E-state index is 10.5. The molecule has 0 aliphatic heterocycles. The quantitative estimate of drug-likeness (QED) is 0.0762. The molecular formula is C25H61N3O12S4. The van der Waals surface area contributed by atoms with Crippen molar-refractivity contribution in [3.63, 3.8) is 0 Å². The molecule has 272 valence electrons. The van der Waals surface area contributed by atoms with E-state index in [-0.39, 0.29) is 35.9 Å². The van der Waals surface area contributed by atoms with E-state index in [1.165, 1.54) is 0 Å². The van der Waals surface area contributed by atoms with Gasteiger partial charge in [0.05, 0.1) is 72.0 Å². The molecule has 0 saturated carbocycles. The summed E-state index contributed by atoms with van der Waals surface area (Å²) >= 11 is 0. The van der Waals surface area contributed by atoms with Crippen LogP contribution in [0.25, 0.3) is 0 Å². The molecule has 1 atom stereocenters. The standard InChI is InChI=1S/C7H17NO3S.2C6H15NO3S.C6H14O3S/c1-6(2)8-7(3,4)5-12(9,10)11;2*1-6(2)10-5-4-7-11(3,8)9;1-6(2)9-4-5-10(3,7)8/h6,8H,5H2,1-4H3,(H,9,10,11);2*6-7H,4-5H2,1-3H3;6H,3-5H2,1-2H3,(H,7,8). The normalized spacial score (nSPS) is 13.9. The summed E-state index contributed by atoms with van der Waals surface area (Å²) < 4.78 is 111. The molecule has 0 aliphatic carbocycles. The van der Waals surface area contributed by atoms with Crippen LogP contribution in [0.5, 0.6) is 0 Å². The Morgan fingerprint density at radius 2 is 0.977 bits per heavy atom. The Morgan fingerprint density at radius 3 is 1.20 bits per heavy atom. The van der Waals surface area contributed by atoms with Gasteiger partial charge in [-0.1, -0.05) is 13.8 Å². The van der Waals surface area contributed by atoms with Gasteiger partial charge in [-0.2, -0.15) is 8.42 Å². The average Bonchev–Trinajstić information content (AvgIpc) is 2.70. The summed E-state index contributed by atoms with van der Waals surface area (Å²) in [6, 6.07) is 0.196. The first-order chi connectivity index (χ1) is 19.4. The predicted molar refractivity (Wildman–Crippen MR) is 180 cm³/mol. The van der Waals surface area contributed by atoms with Crippen molar-refractivity contribution in [2.24, 2.45) is 0 Å². The number of hydrogen-bond donors (Lipinski definition) is 5. The summed E-state index contributed by atoms with van der Waals surface area (Å²) in [4.78, 5) is 0. The predicted octanol–water partition coefficient (Wildman–Crippen LogP) is 1.17. The number of ether oxygens (including phenoxy) is 3. The molecule has 0 amide bonds. The van der Waals surface area contributed by atoms with Crippen LogP contribution >= 0.6 is 0 Å². The van der Waals surface area contributed by atoms with Crippen molar-refractivity contribution in [2.45, 2.75) is 99.1 Å². The van der Waals surface area contributed by atoms with Crippen molar-refractivity contribution < 1.29 is 52.8 Å². The molecule has 0 spiro atoms. The third-order valence-corrected chi connectivity index (χ3v) is 7.26. The topological polar surface area (TPSA) is 224 Å². The van der Waals surface area contributed by atoms with Crippen LogP contribution in [0.1, 0.15) is 69.2 Å². The van der Waals surface area contributed by atoms with Crippen molar-refractivity contribution in [2.75, 3.05) is 56.9 Å². The Labute approximate surface area is 268 Å². The third kappa shape index (κ3) is 60.7. The fourth-order valence-corrected chi connectivity index (χ4v) is 5.00. The summed E-state index contributed by atoms with van der Waals surface area (Å²) in [6.45, 7) is 20.5. The van der Waals surface area contributed by atoms with Gasteiger partial charge < -0.3 is 24.1 Å². The Balaban J connectivity index is -0.000000243. The van der Waals surface area contributed by atoms with Gasteiger partial charge >= 0.3 is 0 Å². The zero-order valence-corrected chi connectivity index (χ0v) is 31.8. The van der Waals surface area contributed by atoms with Crippen LogP contribution in [0, 0.1) is 0 Å². The Morgan fingerprint density at radius 1 is 0.659 bits per heavy atom. The highest BCUT2D eigenvalue weighted by molar-refractivity contribution is 7.95. The first-order valence-corrected chi connectivity index (χ1v) is 21.2. The molecule has 0 aliphatic rings. The average molecular weight is 724 g/mol.